The Kier molecular flexibility index (Phi) is 4.47. The first kappa shape index (κ1) is 14.7. The standard InChI is InChI=1S/C12H20N2O3S2/c1-8-5-3-4-6-10(8)7-13-19(16,17)11-9(2)14-12(15)18-11/h8,10,13H,3-7H2,1-2H3,(H,14,15). The fourth-order valence-corrected chi connectivity index (χ4v) is 5.06. The highest BCUT2D eigenvalue weighted by atomic mass is 32.2. The summed E-state index contributed by atoms with van der Waals surface area (Å²) in [7, 11) is -3.56. The van der Waals surface area contributed by atoms with Gasteiger partial charge in [0.1, 0.15) is 0 Å². The first-order valence-corrected chi connectivity index (χ1v) is 8.89. The SMILES string of the molecule is Cc1[nH]c(=O)sc1S(=O)(=O)NCC1CCCCC1C. The third kappa shape index (κ3) is 3.46. The number of hydrogen-bond acceptors (Lipinski definition) is 4. The van der Waals surface area contributed by atoms with Crippen molar-refractivity contribution in [2.45, 2.75) is 43.7 Å². The molecular weight excluding hydrogens is 284 g/mol. The molecule has 0 aliphatic heterocycles. The maximum Gasteiger partial charge on any atom is 0.305 e. The molecule has 0 radical (unpaired) electrons. The van der Waals surface area contributed by atoms with Gasteiger partial charge in [-0.2, -0.15) is 0 Å². The molecule has 0 aromatic carbocycles. The summed E-state index contributed by atoms with van der Waals surface area (Å²) < 4.78 is 27.1. The largest absolute Gasteiger partial charge is 0.315 e. The Balaban J connectivity index is 2.05. The van der Waals surface area contributed by atoms with Crippen molar-refractivity contribution < 1.29 is 8.42 Å². The number of aromatic amines is 1. The molecule has 1 aromatic heterocycles. The molecule has 2 atom stereocenters. The van der Waals surface area contributed by atoms with Gasteiger partial charge in [-0.25, -0.2) is 13.1 Å². The van der Waals surface area contributed by atoms with Gasteiger partial charge >= 0.3 is 4.87 Å². The van der Waals surface area contributed by atoms with Crippen LogP contribution < -0.4 is 9.60 Å². The summed E-state index contributed by atoms with van der Waals surface area (Å²) in [4.78, 5) is 13.4. The van der Waals surface area contributed by atoms with Gasteiger partial charge in [-0.1, -0.05) is 37.5 Å². The number of sulfonamides is 1. The molecule has 5 nitrogen and oxygen atoms in total. The number of rotatable bonds is 4. The summed E-state index contributed by atoms with van der Waals surface area (Å²) >= 11 is 0.747. The maximum absolute atomic E-state index is 12.2. The Labute approximate surface area is 117 Å². The minimum atomic E-state index is -3.56. The lowest BCUT2D eigenvalue weighted by atomic mass is 9.81. The van der Waals surface area contributed by atoms with E-state index in [1.54, 1.807) is 6.92 Å². The Morgan fingerprint density at radius 2 is 2.05 bits per heavy atom. The zero-order valence-electron chi connectivity index (χ0n) is 11.2. The second-order valence-corrected chi connectivity index (χ2v) is 8.25. The zero-order valence-corrected chi connectivity index (χ0v) is 12.9. The van der Waals surface area contributed by atoms with E-state index >= 15 is 0 Å². The predicted molar refractivity (Wildman–Crippen MR) is 76.0 cm³/mol. The van der Waals surface area contributed by atoms with Crippen LogP contribution in [0.1, 0.15) is 38.3 Å². The van der Waals surface area contributed by atoms with Gasteiger partial charge in [0.05, 0.1) is 0 Å². The van der Waals surface area contributed by atoms with E-state index in [0.29, 0.717) is 24.1 Å². The summed E-state index contributed by atoms with van der Waals surface area (Å²) in [6, 6.07) is 0. The third-order valence-corrected chi connectivity index (χ3v) is 6.88. The van der Waals surface area contributed by atoms with Crippen molar-refractivity contribution >= 4 is 21.4 Å². The summed E-state index contributed by atoms with van der Waals surface area (Å²) in [6.45, 7) is 4.25. The topological polar surface area (TPSA) is 79.0 Å². The van der Waals surface area contributed by atoms with Crippen LogP contribution in [0.5, 0.6) is 0 Å². The lowest BCUT2D eigenvalue weighted by molar-refractivity contribution is 0.257. The zero-order chi connectivity index (χ0) is 14.0. The van der Waals surface area contributed by atoms with Crippen LogP contribution in [0.25, 0.3) is 0 Å². The number of aromatic nitrogens is 1. The van der Waals surface area contributed by atoms with Crippen LogP contribution in [0.2, 0.25) is 0 Å². The van der Waals surface area contributed by atoms with Crippen LogP contribution in [0, 0.1) is 18.8 Å². The molecule has 1 aliphatic rings. The van der Waals surface area contributed by atoms with Gasteiger partial charge < -0.3 is 4.98 Å². The Morgan fingerprint density at radius 1 is 1.37 bits per heavy atom. The van der Waals surface area contributed by atoms with Crippen LogP contribution in [0.3, 0.4) is 0 Å². The van der Waals surface area contributed by atoms with Gasteiger partial charge in [-0.05, 0) is 25.2 Å². The number of hydrogen-bond donors (Lipinski definition) is 2. The first-order valence-electron chi connectivity index (χ1n) is 6.59. The molecule has 1 fully saturated rings. The average Bonchev–Trinajstić information content (AvgIpc) is 2.68. The molecule has 2 unspecified atom stereocenters. The van der Waals surface area contributed by atoms with Gasteiger partial charge in [0, 0.05) is 12.2 Å². The van der Waals surface area contributed by atoms with Gasteiger partial charge in [0.25, 0.3) is 10.0 Å². The molecule has 2 N–H and O–H groups in total. The second-order valence-electron chi connectivity index (χ2n) is 5.30. The molecular formula is C12H20N2O3S2. The van der Waals surface area contributed by atoms with E-state index in [9.17, 15) is 13.2 Å². The molecule has 1 aliphatic carbocycles. The van der Waals surface area contributed by atoms with Crippen molar-refractivity contribution in [3.63, 3.8) is 0 Å². The molecule has 1 heterocycles. The quantitative estimate of drug-likeness (QED) is 0.891. The predicted octanol–water partition coefficient (Wildman–Crippen LogP) is 1.85. The van der Waals surface area contributed by atoms with Gasteiger partial charge in [0.2, 0.25) is 0 Å². The molecule has 1 saturated carbocycles. The molecule has 19 heavy (non-hydrogen) atoms. The van der Waals surface area contributed by atoms with Crippen molar-refractivity contribution in [3.05, 3.63) is 15.4 Å². The summed E-state index contributed by atoms with van der Waals surface area (Å²) in [5.41, 5.74) is 0.416. The molecule has 108 valence electrons. The number of aryl methyl sites for hydroxylation is 1. The molecule has 7 heteroatoms. The molecule has 0 amide bonds. The Hall–Kier alpha value is -0.660. The van der Waals surface area contributed by atoms with Gasteiger partial charge in [0.15, 0.2) is 4.21 Å². The fraction of sp³-hybridized carbons (Fsp3) is 0.750. The van der Waals surface area contributed by atoms with E-state index < -0.39 is 10.0 Å². The van der Waals surface area contributed by atoms with E-state index in [2.05, 4.69) is 16.6 Å². The summed E-state index contributed by atoms with van der Waals surface area (Å²) in [5, 5.41) is 0. The minimum absolute atomic E-state index is 0.112. The van der Waals surface area contributed by atoms with E-state index in [-0.39, 0.29) is 9.08 Å². The Bertz CT molecular complexity index is 588. The van der Waals surface area contributed by atoms with Crippen molar-refractivity contribution in [3.8, 4) is 0 Å². The summed E-state index contributed by atoms with van der Waals surface area (Å²) in [6.07, 6.45) is 4.66. The van der Waals surface area contributed by atoms with E-state index in [1.165, 1.54) is 19.3 Å². The number of H-pyrrole nitrogens is 1. The van der Waals surface area contributed by atoms with Crippen LogP contribution >= 0.6 is 11.3 Å². The van der Waals surface area contributed by atoms with Crippen LogP contribution in [-0.4, -0.2) is 19.9 Å². The van der Waals surface area contributed by atoms with Crippen molar-refractivity contribution in [2.75, 3.05) is 6.54 Å². The van der Waals surface area contributed by atoms with Crippen molar-refractivity contribution in [1.82, 2.24) is 9.71 Å². The molecule has 0 spiro atoms. The molecule has 0 saturated heterocycles. The molecule has 2 rings (SSSR count). The highest BCUT2D eigenvalue weighted by Gasteiger charge is 2.25. The van der Waals surface area contributed by atoms with Gasteiger partial charge in [-0.15, -0.1) is 0 Å². The van der Waals surface area contributed by atoms with E-state index in [1.807, 2.05) is 0 Å². The van der Waals surface area contributed by atoms with Gasteiger partial charge in [-0.3, -0.25) is 4.79 Å². The summed E-state index contributed by atoms with van der Waals surface area (Å²) in [5.74, 6) is 0.960. The highest BCUT2D eigenvalue weighted by molar-refractivity contribution is 7.91. The highest BCUT2D eigenvalue weighted by Crippen LogP contribution is 2.29. The van der Waals surface area contributed by atoms with Crippen molar-refractivity contribution in [2.24, 2.45) is 11.8 Å². The smallest absolute Gasteiger partial charge is 0.305 e. The van der Waals surface area contributed by atoms with Crippen LogP contribution in [0.4, 0.5) is 0 Å². The molecule has 1 aromatic rings. The Morgan fingerprint density at radius 3 is 2.63 bits per heavy atom. The second kappa shape index (κ2) is 5.76. The fourth-order valence-electron chi connectivity index (χ4n) is 2.63. The lowest BCUT2D eigenvalue weighted by Gasteiger charge is -2.28. The normalized spacial score (nSPS) is 24.5. The van der Waals surface area contributed by atoms with Crippen LogP contribution in [0.15, 0.2) is 9.00 Å². The minimum Gasteiger partial charge on any atom is -0.315 e. The van der Waals surface area contributed by atoms with E-state index in [4.69, 9.17) is 0 Å². The lowest BCUT2D eigenvalue weighted by Crippen LogP contribution is -2.33. The number of thiazole rings is 1. The monoisotopic (exact) mass is 304 g/mol. The number of nitrogens with one attached hydrogen (secondary N) is 2. The maximum atomic E-state index is 12.2. The average molecular weight is 304 g/mol. The first-order chi connectivity index (χ1) is 8.90. The van der Waals surface area contributed by atoms with E-state index in [0.717, 1.165) is 17.8 Å². The molecule has 0 bridgehead atoms. The van der Waals surface area contributed by atoms with Crippen molar-refractivity contribution in [1.29, 1.82) is 0 Å². The third-order valence-electron chi connectivity index (χ3n) is 3.85. The van der Waals surface area contributed by atoms with Crippen LogP contribution in [-0.2, 0) is 10.0 Å².